The highest BCUT2D eigenvalue weighted by Gasteiger charge is 2.11. The molecule has 0 spiro atoms. The van der Waals surface area contributed by atoms with E-state index in [1.165, 1.54) is 11.3 Å². The third-order valence-corrected chi connectivity index (χ3v) is 4.03. The number of hydrogen-bond acceptors (Lipinski definition) is 5. The second kappa shape index (κ2) is 8.40. The molecule has 122 valence electrons. The van der Waals surface area contributed by atoms with Gasteiger partial charge in [0, 0.05) is 30.5 Å². The van der Waals surface area contributed by atoms with E-state index < -0.39 is 0 Å². The topological polar surface area (TPSA) is 97.1 Å². The Hall–Kier alpha value is -2.25. The van der Waals surface area contributed by atoms with Gasteiger partial charge >= 0.3 is 0 Å². The quantitative estimate of drug-likeness (QED) is 0.712. The van der Waals surface area contributed by atoms with E-state index in [0.29, 0.717) is 37.3 Å². The maximum Gasteiger partial charge on any atom is 0.271 e. The fraction of sp³-hybridized carbons (Fsp3) is 0.312. The van der Waals surface area contributed by atoms with Crippen LogP contribution < -0.4 is 16.4 Å². The van der Waals surface area contributed by atoms with Gasteiger partial charge in [-0.2, -0.15) is 0 Å². The molecule has 1 aromatic heterocycles. The molecule has 7 heteroatoms. The number of carbonyl (C=O) groups excluding carboxylic acids is 2. The third kappa shape index (κ3) is 4.87. The van der Waals surface area contributed by atoms with Gasteiger partial charge in [-0.3, -0.25) is 9.59 Å². The smallest absolute Gasteiger partial charge is 0.271 e. The van der Waals surface area contributed by atoms with Crippen molar-refractivity contribution in [1.29, 1.82) is 0 Å². The molecule has 1 aromatic carbocycles. The number of carbonyl (C=O) groups is 2. The molecule has 0 radical (unpaired) electrons. The molecule has 0 aliphatic carbocycles. The van der Waals surface area contributed by atoms with Crippen molar-refractivity contribution in [2.45, 2.75) is 19.9 Å². The number of rotatable bonds is 7. The lowest BCUT2D eigenvalue weighted by molar-refractivity contribution is 0.0943. The first-order valence-corrected chi connectivity index (χ1v) is 8.31. The van der Waals surface area contributed by atoms with Gasteiger partial charge in [-0.15, -0.1) is 11.3 Å². The van der Waals surface area contributed by atoms with Gasteiger partial charge in [0.15, 0.2) is 0 Å². The van der Waals surface area contributed by atoms with Crippen molar-refractivity contribution in [3.05, 3.63) is 51.5 Å². The Morgan fingerprint density at radius 1 is 1.26 bits per heavy atom. The number of nitrogens with one attached hydrogen (secondary N) is 2. The molecule has 1 heterocycles. The highest BCUT2D eigenvalue weighted by molar-refractivity contribution is 7.09. The van der Waals surface area contributed by atoms with Crippen LogP contribution in [0.5, 0.6) is 0 Å². The van der Waals surface area contributed by atoms with E-state index in [4.69, 9.17) is 5.73 Å². The lowest BCUT2D eigenvalue weighted by atomic mass is 10.1. The van der Waals surface area contributed by atoms with E-state index in [9.17, 15) is 9.59 Å². The molecule has 0 unspecified atom stereocenters. The summed E-state index contributed by atoms with van der Waals surface area (Å²) in [6.07, 6.45) is 0.673. The highest BCUT2D eigenvalue weighted by atomic mass is 32.1. The summed E-state index contributed by atoms with van der Waals surface area (Å²) >= 11 is 1.43. The minimum Gasteiger partial charge on any atom is -0.352 e. The van der Waals surface area contributed by atoms with Crippen molar-refractivity contribution in [2.24, 2.45) is 5.73 Å². The van der Waals surface area contributed by atoms with Crippen molar-refractivity contribution >= 4 is 23.2 Å². The normalized spacial score (nSPS) is 10.3. The third-order valence-electron chi connectivity index (χ3n) is 3.12. The van der Waals surface area contributed by atoms with Gasteiger partial charge in [0.2, 0.25) is 0 Å². The molecule has 0 saturated carbocycles. The molecular formula is C16H20N4O2S. The van der Waals surface area contributed by atoms with E-state index >= 15 is 0 Å². The summed E-state index contributed by atoms with van der Waals surface area (Å²) in [5.74, 6) is -0.348. The number of amides is 2. The lowest BCUT2D eigenvalue weighted by Crippen LogP contribution is -2.24. The zero-order valence-corrected chi connectivity index (χ0v) is 13.8. The average molecular weight is 332 g/mol. The fourth-order valence-corrected chi connectivity index (χ4v) is 2.81. The average Bonchev–Trinajstić information content (AvgIpc) is 3.02. The predicted octanol–water partition coefficient (Wildman–Crippen LogP) is 1.32. The van der Waals surface area contributed by atoms with Crippen LogP contribution in [-0.2, 0) is 13.0 Å². The van der Waals surface area contributed by atoms with Gasteiger partial charge in [0.05, 0.1) is 5.01 Å². The number of thiazole rings is 1. The van der Waals surface area contributed by atoms with Gasteiger partial charge in [-0.05, 0) is 31.2 Å². The summed E-state index contributed by atoms with van der Waals surface area (Å²) in [5.41, 5.74) is 7.32. The molecule has 0 aliphatic heterocycles. The largest absolute Gasteiger partial charge is 0.352 e. The Kier molecular flexibility index (Phi) is 6.25. The van der Waals surface area contributed by atoms with Crippen LogP contribution in [0.15, 0.2) is 29.6 Å². The summed E-state index contributed by atoms with van der Waals surface area (Å²) in [6, 6.07) is 7.18. The van der Waals surface area contributed by atoms with Gasteiger partial charge in [0.25, 0.3) is 11.8 Å². The van der Waals surface area contributed by atoms with Crippen LogP contribution in [-0.4, -0.2) is 29.9 Å². The van der Waals surface area contributed by atoms with Crippen LogP contribution in [0.1, 0.15) is 38.3 Å². The molecule has 6 nitrogen and oxygen atoms in total. The fourth-order valence-electron chi connectivity index (χ4n) is 2.01. The molecule has 0 aliphatic rings. The van der Waals surface area contributed by atoms with Crippen LogP contribution in [0.25, 0.3) is 0 Å². The van der Waals surface area contributed by atoms with Crippen molar-refractivity contribution in [2.75, 3.05) is 13.1 Å². The van der Waals surface area contributed by atoms with Crippen molar-refractivity contribution in [1.82, 2.24) is 15.6 Å². The number of aromatic nitrogens is 1. The summed E-state index contributed by atoms with van der Waals surface area (Å²) in [6.45, 7) is 3.31. The summed E-state index contributed by atoms with van der Waals surface area (Å²) < 4.78 is 0. The zero-order valence-electron chi connectivity index (χ0n) is 13.0. The van der Waals surface area contributed by atoms with E-state index in [-0.39, 0.29) is 11.8 Å². The van der Waals surface area contributed by atoms with Gasteiger partial charge in [-0.25, -0.2) is 4.98 Å². The Morgan fingerprint density at radius 2 is 2.09 bits per heavy atom. The van der Waals surface area contributed by atoms with Crippen LogP contribution in [0.3, 0.4) is 0 Å². The molecule has 2 amide bonds. The van der Waals surface area contributed by atoms with Crippen LogP contribution in [0, 0.1) is 0 Å². The summed E-state index contributed by atoms with van der Waals surface area (Å²) in [5, 5.41) is 8.15. The standard InChI is InChI=1S/C16H20N4O2S/c1-2-18-15(21)12-5-3-4-11(8-12)9-19-16(22)13-10-23-14(20-13)6-7-17/h3-5,8,10H,2,6-7,9,17H2,1H3,(H,18,21)(H,19,22). The molecular weight excluding hydrogens is 312 g/mol. The zero-order chi connectivity index (χ0) is 16.7. The number of benzene rings is 1. The molecule has 0 atom stereocenters. The SMILES string of the molecule is CCNC(=O)c1cccc(CNC(=O)c2csc(CCN)n2)c1. The van der Waals surface area contributed by atoms with E-state index in [2.05, 4.69) is 15.6 Å². The second-order valence-corrected chi connectivity index (χ2v) is 5.85. The van der Waals surface area contributed by atoms with Crippen molar-refractivity contribution < 1.29 is 9.59 Å². The van der Waals surface area contributed by atoms with E-state index in [0.717, 1.165) is 10.6 Å². The summed E-state index contributed by atoms with van der Waals surface area (Å²) in [7, 11) is 0. The lowest BCUT2D eigenvalue weighted by Gasteiger charge is -2.06. The highest BCUT2D eigenvalue weighted by Crippen LogP contribution is 2.10. The monoisotopic (exact) mass is 332 g/mol. The van der Waals surface area contributed by atoms with Crippen LogP contribution in [0.4, 0.5) is 0 Å². The Bertz CT molecular complexity index is 684. The predicted molar refractivity (Wildman–Crippen MR) is 90.5 cm³/mol. The maximum absolute atomic E-state index is 12.1. The number of hydrogen-bond donors (Lipinski definition) is 3. The molecule has 0 fully saturated rings. The number of nitrogens with zero attached hydrogens (tertiary/aromatic N) is 1. The second-order valence-electron chi connectivity index (χ2n) is 4.91. The summed E-state index contributed by atoms with van der Waals surface area (Å²) in [4.78, 5) is 28.1. The van der Waals surface area contributed by atoms with E-state index in [1.54, 1.807) is 23.6 Å². The molecule has 2 aromatic rings. The van der Waals surface area contributed by atoms with Gasteiger partial charge in [0.1, 0.15) is 5.69 Å². The van der Waals surface area contributed by atoms with Gasteiger partial charge < -0.3 is 16.4 Å². The first kappa shape index (κ1) is 17.1. The number of nitrogens with two attached hydrogens (primary N) is 1. The maximum atomic E-state index is 12.1. The minimum absolute atomic E-state index is 0.119. The Labute approximate surface area is 139 Å². The van der Waals surface area contributed by atoms with E-state index in [1.807, 2.05) is 13.0 Å². The Morgan fingerprint density at radius 3 is 2.83 bits per heavy atom. The molecule has 0 bridgehead atoms. The molecule has 4 N–H and O–H groups in total. The van der Waals surface area contributed by atoms with Crippen molar-refractivity contribution in [3.63, 3.8) is 0 Å². The molecule has 23 heavy (non-hydrogen) atoms. The minimum atomic E-state index is -0.229. The first-order chi connectivity index (χ1) is 11.1. The first-order valence-electron chi connectivity index (χ1n) is 7.43. The van der Waals surface area contributed by atoms with Crippen molar-refractivity contribution in [3.8, 4) is 0 Å². The Balaban J connectivity index is 1.95. The van der Waals surface area contributed by atoms with Crippen LogP contribution in [0.2, 0.25) is 0 Å². The van der Waals surface area contributed by atoms with Crippen LogP contribution >= 0.6 is 11.3 Å². The molecule has 2 rings (SSSR count). The molecule has 0 saturated heterocycles. The van der Waals surface area contributed by atoms with Gasteiger partial charge in [-0.1, -0.05) is 12.1 Å².